The van der Waals surface area contributed by atoms with Gasteiger partial charge in [-0.3, -0.25) is 0 Å². The second-order valence-electron chi connectivity index (χ2n) is 11.8. The maximum atomic E-state index is 6.77. The van der Waals surface area contributed by atoms with Gasteiger partial charge in [0.25, 0.3) is 0 Å². The van der Waals surface area contributed by atoms with Crippen LogP contribution in [0.4, 0.5) is 0 Å². The summed E-state index contributed by atoms with van der Waals surface area (Å²) in [6, 6.07) is 56.3. The molecule has 2 aromatic heterocycles. The highest BCUT2D eigenvalue weighted by molar-refractivity contribution is 6.36. The molecule has 226 valence electrons. The lowest BCUT2D eigenvalue weighted by Gasteiger charge is -2.13. The smallest absolute Gasteiger partial charge is 0.164 e. The Bertz CT molecular complexity index is 2610. The number of fused-ring (bicyclic) bond motifs is 4. The summed E-state index contributed by atoms with van der Waals surface area (Å²) in [5.41, 5.74) is 8.30. The van der Waals surface area contributed by atoms with E-state index in [1.807, 2.05) is 54.6 Å². The van der Waals surface area contributed by atoms with Gasteiger partial charge in [-0.25, -0.2) is 15.0 Å². The van der Waals surface area contributed by atoms with E-state index < -0.39 is 0 Å². The molecule has 0 saturated heterocycles. The van der Waals surface area contributed by atoms with Gasteiger partial charge in [-0.15, -0.1) is 0 Å². The van der Waals surface area contributed by atoms with Gasteiger partial charge in [-0.2, -0.15) is 0 Å². The zero-order valence-corrected chi connectivity index (χ0v) is 26.5. The number of aromatic nitrogens is 4. The monoisotopic (exact) mass is 634 g/mol. The van der Waals surface area contributed by atoms with Crippen LogP contribution in [0.1, 0.15) is 0 Å². The number of hydrogen-bond acceptors (Lipinski definition) is 3. The molecule has 0 saturated carbocycles. The van der Waals surface area contributed by atoms with E-state index in [1.165, 1.54) is 10.8 Å². The number of hydrogen-bond donors (Lipinski definition) is 0. The van der Waals surface area contributed by atoms with Gasteiger partial charge < -0.3 is 4.57 Å². The highest BCUT2D eigenvalue weighted by atomic mass is 35.5. The third-order valence-corrected chi connectivity index (χ3v) is 9.25. The first-order valence-electron chi connectivity index (χ1n) is 15.9. The van der Waals surface area contributed by atoms with Crippen molar-refractivity contribution in [2.45, 2.75) is 0 Å². The number of nitrogens with zero attached hydrogens (tertiary/aromatic N) is 4. The average molecular weight is 635 g/mol. The highest BCUT2D eigenvalue weighted by Gasteiger charge is 2.18. The molecule has 0 fully saturated rings. The summed E-state index contributed by atoms with van der Waals surface area (Å²) in [6.45, 7) is 0. The van der Waals surface area contributed by atoms with Crippen LogP contribution in [-0.2, 0) is 0 Å². The molecule has 4 nitrogen and oxygen atoms in total. The molecule has 2 heterocycles. The summed E-state index contributed by atoms with van der Waals surface area (Å²) in [5.74, 6) is 1.81. The summed E-state index contributed by atoms with van der Waals surface area (Å²) < 4.78 is 2.31. The molecule has 0 bridgehead atoms. The van der Waals surface area contributed by atoms with Crippen LogP contribution in [-0.4, -0.2) is 19.5 Å². The minimum Gasteiger partial charge on any atom is -0.309 e. The van der Waals surface area contributed by atoms with Crippen molar-refractivity contribution >= 4 is 44.2 Å². The molecule has 5 heteroatoms. The molecule has 0 N–H and O–H groups in total. The first kappa shape index (κ1) is 28.1. The maximum absolute atomic E-state index is 6.77. The van der Waals surface area contributed by atoms with Gasteiger partial charge in [-0.05, 0) is 59.0 Å². The van der Waals surface area contributed by atoms with E-state index in [1.54, 1.807) is 0 Å². The first-order chi connectivity index (χ1) is 23.7. The zero-order chi connectivity index (χ0) is 32.0. The largest absolute Gasteiger partial charge is 0.309 e. The van der Waals surface area contributed by atoms with Crippen LogP contribution in [0.15, 0.2) is 164 Å². The molecule has 7 aromatic carbocycles. The molecular formula is C43H27ClN4. The molecule has 48 heavy (non-hydrogen) atoms. The van der Waals surface area contributed by atoms with Crippen molar-refractivity contribution in [3.8, 4) is 51.0 Å². The van der Waals surface area contributed by atoms with Gasteiger partial charge in [0.05, 0.1) is 11.0 Å². The van der Waals surface area contributed by atoms with Crippen molar-refractivity contribution in [3.05, 3.63) is 169 Å². The first-order valence-corrected chi connectivity index (χ1v) is 16.3. The lowest BCUT2D eigenvalue weighted by Crippen LogP contribution is -2.01. The Kier molecular flexibility index (Phi) is 6.81. The second-order valence-corrected chi connectivity index (χ2v) is 12.2. The van der Waals surface area contributed by atoms with E-state index in [9.17, 15) is 0 Å². The molecular weight excluding hydrogens is 608 g/mol. The van der Waals surface area contributed by atoms with Gasteiger partial charge in [0.2, 0.25) is 0 Å². The minimum absolute atomic E-state index is 0.592. The Balaban J connectivity index is 1.29. The lowest BCUT2D eigenvalue weighted by atomic mass is 9.97. The van der Waals surface area contributed by atoms with Crippen molar-refractivity contribution < 1.29 is 0 Å². The number of benzene rings is 7. The van der Waals surface area contributed by atoms with Gasteiger partial charge in [0.15, 0.2) is 17.5 Å². The average Bonchev–Trinajstić information content (AvgIpc) is 3.49. The van der Waals surface area contributed by atoms with Crippen molar-refractivity contribution in [1.82, 2.24) is 19.5 Å². The summed E-state index contributed by atoms with van der Waals surface area (Å²) >= 11 is 6.77. The van der Waals surface area contributed by atoms with Crippen molar-refractivity contribution in [2.24, 2.45) is 0 Å². The molecule has 0 aliphatic carbocycles. The van der Waals surface area contributed by atoms with Crippen LogP contribution in [0.3, 0.4) is 0 Å². The van der Waals surface area contributed by atoms with Crippen LogP contribution in [0.5, 0.6) is 0 Å². The van der Waals surface area contributed by atoms with Crippen LogP contribution >= 0.6 is 11.6 Å². The van der Waals surface area contributed by atoms with E-state index in [4.69, 9.17) is 26.6 Å². The van der Waals surface area contributed by atoms with Gasteiger partial charge in [-0.1, -0.05) is 133 Å². The standard InChI is InChI=1S/C43H27ClN4/c44-38-25-24-36(37-26-30(20-22-33(37)38)28-12-4-1-5-13-28)43-46-41(29-14-6-2-7-15-29)45-42(47-43)31-21-23-35-34-18-10-11-19-39(34)48(40(35)27-31)32-16-8-3-9-17-32/h1-27H. The molecule has 0 aliphatic heterocycles. The predicted octanol–water partition coefficient (Wildman–Crippen LogP) is 11.4. The fourth-order valence-electron chi connectivity index (χ4n) is 6.62. The highest BCUT2D eigenvalue weighted by Crippen LogP contribution is 2.38. The van der Waals surface area contributed by atoms with E-state index in [2.05, 4.69) is 114 Å². The van der Waals surface area contributed by atoms with E-state index in [0.717, 1.165) is 55.3 Å². The van der Waals surface area contributed by atoms with Gasteiger partial charge in [0.1, 0.15) is 0 Å². The molecule has 0 amide bonds. The Hall–Kier alpha value is -6.10. The van der Waals surface area contributed by atoms with Gasteiger partial charge in [0, 0.05) is 43.6 Å². The predicted molar refractivity (Wildman–Crippen MR) is 198 cm³/mol. The van der Waals surface area contributed by atoms with Gasteiger partial charge >= 0.3 is 0 Å². The van der Waals surface area contributed by atoms with E-state index in [0.29, 0.717) is 22.5 Å². The molecule has 9 rings (SSSR count). The normalized spacial score (nSPS) is 11.4. The second kappa shape index (κ2) is 11.6. The molecule has 0 spiro atoms. The number of para-hydroxylation sites is 2. The summed E-state index contributed by atoms with van der Waals surface area (Å²) in [6.07, 6.45) is 0. The van der Waals surface area contributed by atoms with E-state index in [-0.39, 0.29) is 0 Å². The minimum atomic E-state index is 0.592. The Labute approximate surface area is 282 Å². The fraction of sp³-hybridized carbons (Fsp3) is 0. The third kappa shape index (κ3) is 4.82. The maximum Gasteiger partial charge on any atom is 0.164 e. The quantitative estimate of drug-likeness (QED) is 0.189. The van der Waals surface area contributed by atoms with Crippen LogP contribution in [0, 0.1) is 0 Å². The van der Waals surface area contributed by atoms with Crippen LogP contribution in [0.2, 0.25) is 5.02 Å². The number of halogens is 1. The third-order valence-electron chi connectivity index (χ3n) is 8.93. The van der Waals surface area contributed by atoms with Crippen molar-refractivity contribution in [1.29, 1.82) is 0 Å². The molecule has 0 atom stereocenters. The van der Waals surface area contributed by atoms with Crippen LogP contribution < -0.4 is 0 Å². The zero-order valence-electron chi connectivity index (χ0n) is 25.8. The Morgan fingerprint density at radius 1 is 0.375 bits per heavy atom. The molecule has 0 unspecified atom stereocenters. The van der Waals surface area contributed by atoms with Crippen molar-refractivity contribution in [2.75, 3.05) is 0 Å². The summed E-state index contributed by atoms with van der Waals surface area (Å²) in [7, 11) is 0. The molecule has 0 radical (unpaired) electrons. The SMILES string of the molecule is Clc1ccc(-c2nc(-c3ccccc3)nc(-c3ccc4c5ccccc5n(-c5ccccc5)c4c3)n2)c2cc(-c3ccccc3)ccc12. The lowest BCUT2D eigenvalue weighted by molar-refractivity contribution is 1.08. The Morgan fingerprint density at radius 2 is 0.958 bits per heavy atom. The molecule has 9 aromatic rings. The molecule has 0 aliphatic rings. The fourth-order valence-corrected chi connectivity index (χ4v) is 6.85. The summed E-state index contributed by atoms with van der Waals surface area (Å²) in [5, 5.41) is 5.00. The Morgan fingerprint density at radius 3 is 1.73 bits per heavy atom. The summed E-state index contributed by atoms with van der Waals surface area (Å²) in [4.78, 5) is 15.3. The topological polar surface area (TPSA) is 43.6 Å². The number of rotatable bonds is 5. The van der Waals surface area contributed by atoms with Crippen LogP contribution in [0.25, 0.3) is 83.6 Å². The van der Waals surface area contributed by atoms with E-state index >= 15 is 0 Å². The van der Waals surface area contributed by atoms with Crippen molar-refractivity contribution in [3.63, 3.8) is 0 Å².